The molecule has 0 aromatic heterocycles. The van der Waals surface area contributed by atoms with Crippen LogP contribution in [0.1, 0.15) is 37.0 Å². The van der Waals surface area contributed by atoms with Crippen LogP contribution in [0.5, 0.6) is 0 Å². The zero-order valence-electron chi connectivity index (χ0n) is 10.4. The summed E-state index contributed by atoms with van der Waals surface area (Å²) < 4.78 is 5.95. The van der Waals surface area contributed by atoms with Gasteiger partial charge < -0.3 is 10.1 Å². The van der Waals surface area contributed by atoms with Gasteiger partial charge in [-0.05, 0) is 36.9 Å². The van der Waals surface area contributed by atoms with Gasteiger partial charge >= 0.3 is 0 Å². The van der Waals surface area contributed by atoms with Crippen LogP contribution in [0.25, 0.3) is 0 Å². The number of aryl methyl sites for hydroxylation is 1. The van der Waals surface area contributed by atoms with Gasteiger partial charge in [0.05, 0.1) is 12.7 Å². The Kier molecular flexibility index (Phi) is 6.56. The number of fused-ring (bicyclic) bond motifs is 1. The monoisotopic (exact) mass is 255 g/mol. The Morgan fingerprint density at radius 2 is 2.18 bits per heavy atom. The van der Waals surface area contributed by atoms with Crippen molar-refractivity contribution in [1.82, 2.24) is 5.32 Å². The maximum atomic E-state index is 5.95. The van der Waals surface area contributed by atoms with Crippen molar-refractivity contribution in [3.63, 3.8) is 0 Å². The maximum Gasteiger partial charge on any atom is 0.0828 e. The third-order valence-corrected chi connectivity index (χ3v) is 3.16. The van der Waals surface area contributed by atoms with E-state index in [9.17, 15) is 0 Å². The van der Waals surface area contributed by atoms with Crippen molar-refractivity contribution in [1.29, 1.82) is 0 Å². The molecule has 2 nitrogen and oxygen atoms in total. The van der Waals surface area contributed by atoms with Gasteiger partial charge in [-0.2, -0.15) is 0 Å². The summed E-state index contributed by atoms with van der Waals surface area (Å²) in [5.74, 6) is 0. The molecule has 1 atom stereocenters. The number of hydrogen-bond donors (Lipinski definition) is 1. The van der Waals surface area contributed by atoms with E-state index in [-0.39, 0.29) is 12.4 Å². The molecule has 2 rings (SSSR count). The number of hydrogen-bond acceptors (Lipinski definition) is 2. The lowest BCUT2D eigenvalue weighted by Crippen LogP contribution is -2.21. The highest BCUT2D eigenvalue weighted by Gasteiger charge is 2.19. The van der Waals surface area contributed by atoms with Gasteiger partial charge in [-0.1, -0.05) is 31.2 Å². The quantitative estimate of drug-likeness (QED) is 0.817. The van der Waals surface area contributed by atoms with Crippen molar-refractivity contribution in [2.24, 2.45) is 0 Å². The highest BCUT2D eigenvalue weighted by molar-refractivity contribution is 5.85. The second kappa shape index (κ2) is 7.70. The highest BCUT2D eigenvalue weighted by atomic mass is 35.5. The Morgan fingerprint density at radius 1 is 1.35 bits per heavy atom. The van der Waals surface area contributed by atoms with Crippen LogP contribution in [0.2, 0.25) is 0 Å². The summed E-state index contributed by atoms with van der Waals surface area (Å²) in [6, 6.07) is 8.69. The van der Waals surface area contributed by atoms with Gasteiger partial charge in [0.25, 0.3) is 0 Å². The standard InChI is InChI=1S/C14H21NO.ClH/c1-2-15-10-11-16-14-9-5-7-12-6-3-4-8-13(12)14;/h3-4,6,8,14-15H,2,5,7,9-11H2,1H3;1H. The van der Waals surface area contributed by atoms with Gasteiger partial charge in [0.2, 0.25) is 0 Å². The lowest BCUT2D eigenvalue weighted by atomic mass is 9.89. The Balaban J connectivity index is 0.00000144. The zero-order chi connectivity index (χ0) is 11.2. The molecule has 0 aliphatic heterocycles. The van der Waals surface area contributed by atoms with Crippen LogP contribution in [-0.2, 0) is 11.2 Å². The fourth-order valence-electron chi connectivity index (χ4n) is 2.33. The minimum Gasteiger partial charge on any atom is -0.372 e. The molecule has 0 saturated heterocycles. The van der Waals surface area contributed by atoms with E-state index < -0.39 is 0 Å². The fourth-order valence-corrected chi connectivity index (χ4v) is 2.33. The summed E-state index contributed by atoms with van der Waals surface area (Å²) in [6.07, 6.45) is 3.96. The zero-order valence-corrected chi connectivity index (χ0v) is 11.3. The second-order valence-electron chi connectivity index (χ2n) is 4.30. The number of ether oxygens (including phenoxy) is 1. The largest absolute Gasteiger partial charge is 0.372 e. The molecule has 1 unspecified atom stereocenters. The first-order valence-corrected chi connectivity index (χ1v) is 6.32. The van der Waals surface area contributed by atoms with Gasteiger partial charge in [-0.25, -0.2) is 0 Å². The predicted molar refractivity (Wildman–Crippen MR) is 73.9 cm³/mol. The first kappa shape index (κ1) is 14.5. The number of nitrogens with one attached hydrogen (secondary N) is 1. The van der Waals surface area contributed by atoms with Crippen molar-refractivity contribution < 1.29 is 4.74 Å². The Hall–Kier alpha value is -0.570. The van der Waals surface area contributed by atoms with Crippen LogP contribution in [0.15, 0.2) is 24.3 Å². The normalized spacial score (nSPS) is 18.3. The Bertz CT molecular complexity index is 330. The molecule has 0 spiro atoms. The molecular weight excluding hydrogens is 234 g/mol. The molecule has 1 aromatic carbocycles. The second-order valence-corrected chi connectivity index (χ2v) is 4.30. The number of likely N-dealkylation sites (N-methyl/N-ethyl adjacent to an activating group) is 1. The van der Waals surface area contributed by atoms with Crippen molar-refractivity contribution in [2.45, 2.75) is 32.3 Å². The molecular formula is C14H22ClNO. The molecule has 96 valence electrons. The average molecular weight is 256 g/mol. The Labute approximate surface area is 110 Å². The summed E-state index contributed by atoms with van der Waals surface area (Å²) in [5.41, 5.74) is 2.88. The van der Waals surface area contributed by atoms with Crippen molar-refractivity contribution >= 4 is 12.4 Å². The van der Waals surface area contributed by atoms with E-state index in [0.717, 1.165) is 19.7 Å². The molecule has 3 heteroatoms. The van der Waals surface area contributed by atoms with Crippen LogP contribution in [0.4, 0.5) is 0 Å². The first-order valence-electron chi connectivity index (χ1n) is 6.32. The van der Waals surface area contributed by atoms with E-state index in [1.807, 2.05) is 0 Å². The van der Waals surface area contributed by atoms with E-state index in [0.29, 0.717) is 6.10 Å². The molecule has 0 amide bonds. The lowest BCUT2D eigenvalue weighted by Gasteiger charge is -2.25. The van der Waals surface area contributed by atoms with Crippen molar-refractivity contribution in [3.05, 3.63) is 35.4 Å². The fraction of sp³-hybridized carbons (Fsp3) is 0.571. The molecule has 0 saturated carbocycles. The molecule has 0 bridgehead atoms. The highest BCUT2D eigenvalue weighted by Crippen LogP contribution is 2.31. The van der Waals surface area contributed by atoms with Gasteiger partial charge in [-0.3, -0.25) is 0 Å². The average Bonchev–Trinajstić information content (AvgIpc) is 2.35. The predicted octanol–water partition coefficient (Wildman–Crippen LogP) is 3.11. The SMILES string of the molecule is CCNCCOC1CCCc2ccccc21.Cl. The van der Waals surface area contributed by atoms with E-state index in [4.69, 9.17) is 4.74 Å². The van der Waals surface area contributed by atoms with Gasteiger partial charge in [0.15, 0.2) is 0 Å². The molecule has 1 aromatic rings. The van der Waals surface area contributed by atoms with E-state index in [1.165, 1.54) is 30.4 Å². The van der Waals surface area contributed by atoms with Crippen LogP contribution < -0.4 is 5.32 Å². The third kappa shape index (κ3) is 3.98. The molecule has 0 heterocycles. The van der Waals surface area contributed by atoms with Crippen LogP contribution >= 0.6 is 12.4 Å². The van der Waals surface area contributed by atoms with Gasteiger partial charge in [0.1, 0.15) is 0 Å². The van der Waals surface area contributed by atoms with Crippen molar-refractivity contribution in [2.75, 3.05) is 19.7 Å². The third-order valence-electron chi connectivity index (χ3n) is 3.16. The number of rotatable bonds is 5. The summed E-state index contributed by atoms with van der Waals surface area (Å²) in [4.78, 5) is 0. The summed E-state index contributed by atoms with van der Waals surface area (Å²) in [5, 5.41) is 3.29. The Morgan fingerprint density at radius 3 is 3.00 bits per heavy atom. The minimum absolute atomic E-state index is 0. The van der Waals surface area contributed by atoms with E-state index in [1.54, 1.807) is 0 Å². The maximum absolute atomic E-state index is 5.95. The molecule has 1 N–H and O–H groups in total. The lowest BCUT2D eigenvalue weighted by molar-refractivity contribution is 0.0429. The van der Waals surface area contributed by atoms with Crippen LogP contribution in [-0.4, -0.2) is 19.7 Å². The molecule has 17 heavy (non-hydrogen) atoms. The van der Waals surface area contributed by atoms with Crippen LogP contribution in [0, 0.1) is 0 Å². The summed E-state index contributed by atoms with van der Waals surface area (Å²) >= 11 is 0. The summed E-state index contributed by atoms with van der Waals surface area (Å²) in [6.45, 7) is 4.91. The van der Waals surface area contributed by atoms with Crippen LogP contribution in [0.3, 0.4) is 0 Å². The molecule has 1 aliphatic rings. The summed E-state index contributed by atoms with van der Waals surface area (Å²) in [7, 11) is 0. The smallest absolute Gasteiger partial charge is 0.0828 e. The molecule has 0 radical (unpaired) electrons. The minimum atomic E-state index is 0. The van der Waals surface area contributed by atoms with E-state index in [2.05, 4.69) is 36.5 Å². The van der Waals surface area contributed by atoms with E-state index >= 15 is 0 Å². The van der Waals surface area contributed by atoms with Gasteiger partial charge in [-0.15, -0.1) is 12.4 Å². The van der Waals surface area contributed by atoms with Crippen molar-refractivity contribution in [3.8, 4) is 0 Å². The topological polar surface area (TPSA) is 21.3 Å². The molecule has 0 fully saturated rings. The first-order chi connectivity index (χ1) is 7.92. The number of benzene rings is 1. The number of halogens is 1. The molecule has 1 aliphatic carbocycles. The van der Waals surface area contributed by atoms with Gasteiger partial charge in [0, 0.05) is 6.54 Å².